The lowest BCUT2D eigenvalue weighted by Crippen LogP contribution is -2.37. The molecule has 1 N–H and O–H groups in total. The van der Waals surface area contributed by atoms with Crippen molar-refractivity contribution in [2.75, 3.05) is 13.1 Å². The third-order valence-corrected chi connectivity index (χ3v) is 4.77. The quantitative estimate of drug-likeness (QED) is 0.928. The van der Waals surface area contributed by atoms with Gasteiger partial charge in [0.15, 0.2) is 0 Å². The Hall–Kier alpha value is -1.95. The second-order valence-corrected chi connectivity index (χ2v) is 6.76. The summed E-state index contributed by atoms with van der Waals surface area (Å²) in [6.45, 7) is 2.41. The molecule has 1 fully saturated rings. The standard InChI is InChI=1S/C20H22FNO3/c21-17-9-15(11-22-8-4-7-18(23)12-22)19-16(10-17)13-24-20(25-19)14-5-2-1-3-6-14/h1-3,5-6,9-10,18,20,23H,4,7-8,11-13H2/t18-,20+/m0/s1. The van der Waals surface area contributed by atoms with Crippen LogP contribution in [0.15, 0.2) is 42.5 Å². The number of benzene rings is 2. The van der Waals surface area contributed by atoms with Crippen molar-refractivity contribution in [1.82, 2.24) is 4.90 Å². The van der Waals surface area contributed by atoms with E-state index in [4.69, 9.17) is 9.47 Å². The number of aliphatic hydroxyl groups is 1. The lowest BCUT2D eigenvalue weighted by molar-refractivity contribution is -0.112. The van der Waals surface area contributed by atoms with E-state index in [9.17, 15) is 9.50 Å². The van der Waals surface area contributed by atoms with Crippen LogP contribution in [0.4, 0.5) is 4.39 Å². The molecular formula is C20H22FNO3. The molecule has 5 heteroatoms. The average molecular weight is 343 g/mol. The number of piperidine rings is 1. The van der Waals surface area contributed by atoms with Crippen LogP contribution in [0.5, 0.6) is 5.75 Å². The lowest BCUT2D eigenvalue weighted by Gasteiger charge is -2.32. The van der Waals surface area contributed by atoms with Crippen LogP contribution in [0.25, 0.3) is 0 Å². The highest BCUT2D eigenvalue weighted by atomic mass is 19.1. The topological polar surface area (TPSA) is 41.9 Å². The zero-order valence-electron chi connectivity index (χ0n) is 14.0. The van der Waals surface area contributed by atoms with Gasteiger partial charge in [-0.25, -0.2) is 4.39 Å². The van der Waals surface area contributed by atoms with Crippen molar-refractivity contribution in [1.29, 1.82) is 0 Å². The Bertz CT molecular complexity index is 737. The largest absolute Gasteiger partial charge is 0.460 e. The maximum absolute atomic E-state index is 14.0. The summed E-state index contributed by atoms with van der Waals surface area (Å²) in [5.74, 6) is 0.429. The van der Waals surface area contributed by atoms with E-state index in [0.717, 1.165) is 36.1 Å². The average Bonchev–Trinajstić information content (AvgIpc) is 2.62. The first-order valence-corrected chi connectivity index (χ1v) is 8.74. The van der Waals surface area contributed by atoms with Gasteiger partial charge in [-0.2, -0.15) is 0 Å². The van der Waals surface area contributed by atoms with Gasteiger partial charge in [-0.3, -0.25) is 4.90 Å². The molecule has 2 aliphatic rings. The molecule has 0 radical (unpaired) electrons. The number of β-amino-alcohol motifs (C(OH)–C–C–N with tert-alkyl or cyclic N) is 1. The van der Waals surface area contributed by atoms with E-state index < -0.39 is 6.29 Å². The highest BCUT2D eigenvalue weighted by molar-refractivity contribution is 5.43. The van der Waals surface area contributed by atoms with Crippen molar-refractivity contribution in [3.8, 4) is 5.75 Å². The Labute approximate surface area is 146 Å². The van der Waals surface area contributed by atoms with Crippen LogP contribution in [-0.4, -0.2) is 29.2 Å². The van der Waals surface area contributed by atoms with E-state index >= 15 is 0 Å². The van der Waals surface area contributed by atoms with Crippen LogP contribution < -0.4 is 4.74 Å². The molecule has 4 rings (SSSR count). The number of halogens is 1. The van der Waals surface area contributed by atoms with Gasteiger partial charge >= 0.3 is 0 Å². The molecule has 0 amide bonds. The highest BCUT2D eigenvalue weighted by Gasteiger charge is 2.27. The fourth-order valence-corrected chi connectivity index (χ4v) is 3.58. The van der Waals surface area contributed by atoms with Crippen LogP contribution in [0.2, 0.25) is 0 Å². The molecule has 0 bridgehead atoms. The first kappa shape index (κ1) is 16.5. The maximum atomic E-state index is 14.0. The molecule has 0 aliphatic carbocycles. The molecule has 2 aromatic carbocycles. The zero-order chi connectivity index (χ0) is 17.2. The van der Waals surface area contributed by atoms with Crippen molar-refractivity contribution in [2.45, 2.75) is 38.4 Å². The van der Waals surface area contributed by atoms with E-state index in [1.54, 1.807) is 0 Å². The number of nitrogens with zero attached hydrogens (tertiary/aromatic N) is 1. The van der Waals surface area contributed by atoms with Crippen LogP contribution in [0.1, 0.15) is 35.8 Å². The van der Waals surface area contributed by atoms with Gasteiger partial charge in [0.25, 0.3) is 0 Å². The summed E-state index contributed by atoms with van der Waals surface area (Å²) in [6.07, 6.45) is 0.998. The fraction of sp³-hybridized carbons (Fsp3) is 0.400. The normalized spacial score (nSPS) is 23.8. The Morgan fingerprint density at radius 2 is 2.04 bits per heavy atom. The Morgan fingerprint density at radius 3 is 2.84 bits per heavy atom. The first-order valence-electron chi connectivity index (χ1n) is 8.74. The molecule has 2 heterocycles. The van der Waals surface area contributed by atoms with E-state index in [2.05, 4.69) is 4.90 Å². The van der Waals surface area contributed by atoms with E-state index in [1.807, 2.05) is 30.3 Å². The molecule has 2 atom stereocenters. The maximum Gasteiger partial charge on any atom is 0.227 e. The summed E-state index contributed by atoms with van der Waals surface area (Å²) in [7, 11) is 0. The summed E-state index contributed by atoms with van der Waals surface area (Å²) in [5.41, 5.74) is 2.49. The molecule has 0 unspecified atom stereocenters. The van der Waals surface area contributed by atoms with Gasteiger partial charge < -0.3 is 14.6 Å². The van der Waals surface area contributed by atoms with Crippen molar-refractivity contribution in [3.05, 3.63) is 65.0 Å². The van der Waals surface area contributed by atoms with Gasteiger partial charge in [-0.1, -0.05) is 30.3 Å². The molecule has 0 aromatic heterocycles. The van der Waals surface area contributed by atoms with Crippen molar-refractivity contribution in [2.24, 2.45) is 0 Å². The van der Waals surface area contributed by atoms with Crippen LogP contribution >= 0.6 is 0 Å². The minimum atomic E-state index is -0.482. The molecular weight excluding hydrogens is 321 g/mol. The monoisotopic (exact) mass is 343 g/mol. The summed E-state index contributed by atoms with van der Waals surface area (Å²) in [5, 5.41) is 9.87. The lowest BCUT2D eigenvalue weighted by atomic mass is 10.0. The van der Waals surface area contributed by atoms with Crippen molar-refractivity contribution in [3.63, 3.8) is 0 Å². The number of aliphatic hydroxyl groups excluding tert-OH is 1. The first-order chi connectivity index (χ1) is 12.2. The number of fused-ring (bicyclic) bond motifs is 1. The van der Waals surface area contributed by atoms with Crippen LogP contribution in [0, 0.1) is 5.82 Å². The summed E-state index contributed by atoms with van der Waals surface area (Å²) < 4.78 is 25.9. The van der Waals surface area contributed by atoms with Crippen molar-refractivity contribution < 1.29 is 19.0 Å². The molecule has 0 saturated carbocycles. The molecule has 0 spiro atoms. The third-order valence-electron chi connectivity index (χ3n) is 4.77. The SMILES string of the molecule is O[C@H]1CCCN(Cc2cc(F)cc3c2O[C@H](c2ccccc2)OC3)C1. The van der Waals surface area contributed by atoms with Gasteiger partial charge in [0.1, 0.15) is 11.6 Å². The smallest absolute Gasteiger partial charge is 0.227 e. The molecule has 2 aliphatic heterocycles. The zero-order valence-corrected chi connectivity index (χ0v) is 14.0. The second-order valence-electron chi connectivity index (χ2n) is 6.76. The molecule has 132 valence electrons. The Balaban J connectivity index is 1.59. The number of rotatable bonds is 3. The number of hydrogen-bond donors (Lipinski definition) is 1. The predicted octanol–water partition coefficient (Wildman–Crippen LogP) is 3.39. The molecule has 1 saturated heterocycles. The van der Waals surface area contributed by atoms with Gasteiger partial charge in [0.05, 0.1) is 12.7 Å². The minimum Gasteiger partial charge on any atom is -0.460 e. The van der Waals surface area contributed by atoms with Crippen LogP contribution in [-0.2, 0) is 17.9 Å². The van der Waals surface area contributed by atoms with Gasteiger partial charge in [0, 0.05) is 29.8 Å². The molecule has 4 nitrogen and oxygen atoms in total. The number of likely N-dealkylation sites (tertiary alicyclic amines) is 1. The van der Waals surface area contributed by atoms with Crippen LogP contribution in [0.3, 0.4) is 0 Å². The summed E-state index contributed by atoms with van der Waals surface area (Å²) in [6, 6.07) is 12.8. The molecule has 2 aromatic rings. The predicted molar refractivity (Wildman–Crippen MR) is 91.5 cm³/mol. The summed E-state index contributed by atoms with van der Waals surface area (Å²) >= 11 is 0. The van der Waals surface area contributed by atoms with E-state index in [0.29, 0.717) is 25.4 Å². The summed E-state index contributed by atoms with van der Waals surface area (Å²) in [4.78, 5) is 2.15. The number of ether oxygens (including phenoxy) is 2. The number of hydrogen-bond acceptors (Lipinski definition) is 4. The van der Waals surface area contributed by atoms with Gasteiger partial charge in [0.2, 0.25) is 6.29 Å². The van der Waals surface area contributed by atoms with E-state index in [1.165, 1.54) is 12.1 Å². The highest BCUT2D eigenvalue weighted by Crippen LogP contribution is 2.37. The molecule has 25 heavy (non-hydrogen) atoms. The van der Waals surface area contributed by atoms with Gasteiger partial charge in [-0.05, 0) is 31.5 Å². The van der Waals surface area contributed by atoms with E-state index in [-0.39, 0.29) is 11.9 Å². The third kappa shape index (κ3) is 3.68. The Kier molecular flexibility index (Phi) is 4.70. The Morgan fingerprint density at radius 1 is 1.20 bits per heavy atom. The minimum absolute atomic E-state index is 0.281. The second kappa shape index (κ2) is 7.12. The fourth-order valence-electron chi connectivity index (χ4n) is 3.58. The van der Waals surface area contributed by atoms with Gasteiger partial charge in [-0.15, -0.1) is 0 Å². The van der Waals surface area contributed by atoms with Crippen molar-refractivity contribution >= 4 is 0 Å².